The number of furan rings is 2. The quantitative estimate of drug-likeness (QED) is 0.0470. The van der Waals surface area contributed by atoms with Gasteiger partial charge in [0, 0.05) is 140 Å². The molecule has 129 heavy (non-hydrogen) atoms. The maximum absolute atomic E-state index is 14.4. The maximum Gasteiger partial charge on any atom is 0.417 e. The minimum Gasteiger partial charge on any atom is -0.489 e. The molecule has 3 aliphatic rings. The highest BCUT2D eigenvalue weighted by molar-refractivity contribution is 7.12. The zero-order chi connectivity index (χ0) is 88.2. The van der Waals surface area contributed by atoms with Crippen molar-refractivity contribution in [2.24, 2.45) is 0 Å². The number of alkyl halides is 6. The Bertz CT molecular complexity index is 7030. The summed E-state index contributed by atoms with van der Waals surface area (Å²) in [7, 11) is 2.14. The van der Waals surface area contributed by atoms with Crippen LogP contribution in [0.25, 0.3) is 111 Å². The molecule has 35 heteroatoms. The summed E-state index contributed by atoms with van der Waals surface area (Å²) >= 11 is 14.4. The highest BCUT2D eigenvalue weighted by atomic mass is 35.5. The maximum atomic E-state index is 14.4. The fraction of sp³-hybridized carbons (Fsp3) is 0.191. The number of hydrogen-bond donors (Lipinski definition) is 5. The van der Waals surface area contributed by atoms with Crippen LogP contribution >= 0.6 is 34.5 Å². The van der Waals surface area contributed by atoms with Crippen molar-refractivity contribution in [3.63, 3.8) is 0 Å². The number of pyridine rings is 4. The number of rotatable bonds is 19. The number of fused-ring (bicyclic) bond motifs is 3. The van der Waals surface area contributed by atoms with Crippen LogP contribution in [0.15, 0.2) is 278 Å². The van der Waals surface area contributed by atoms with Gasteiger partial charge in [-0.2, -0.15) is 41.3 Å². The Hall–Kier alpha value is -14.1. The van der Waals surface area contributed by atoms with Gasteiger partial charge >= 0.3 is 12.4 Å². The Labute approximate surface area is 745 Å². The molecule has 6 aromatic carbocycles. The number of oxazole rings is 1. The number of likely N-dealkylation sites (N-methyl/N-ethyl adjacent to an activating group) is 1. The molecule has 0 amide bonds. The normalized spacial score (nSPS) is 15.3. The van der Waals surface area contributed by atoms with Crippen molar-refractivity contribution in [3.8, 4) is 83.7 Å². The van der Waals surface area contributed by atoms with E-state index in [0.29, 0.717) is 84.7 Å². The molecule has 0 saturated carbocycles. The van der Waals surface area contributed by atoms with Crippen molar-refractivity contribution < 1.29 is 49.1 Å². The lowest BCUT2D eigenvalue weighted by molar-refractivity contribution is -0.140. The highest BCUT2D eigenvalue weighted by Gasteiger charge is 2.37. The molecule has 5 N–H and O–H groups in total. The van der Waals surface area contributed by atoms with Crippen LogP contribution in [0.3, 0.4) is 0 Å². The van der Waals surface area contributed by atoms with E-state index < -0.39 is 35.6 Å². The minimum atomic E-state index is -4.76. The van der Waals surface area contributed by atoms with E-state index in [2.05, 4.69) is 90.5 Å². The third-order valence-electron chi connectivity index (χ3n) is 21.8. The smallest absolute Gasteiger partial charge is 0.417 e. The van der Waals surface area contributed by atoms with Gasteiger partial charge in [-0.1, -0.05) is 97.4 Å². The summed E-state index contributed by atoms with van der Waals surface area (Å²) in [4.78, 5) is 83.2. The Kier molecular flexibility index (Phi) is 25.5. The molecule has 11 aromatic heterocycles. The van der Waals surface area contributed by atoms with Gasteiger partial charge in [0.25, 0.3) is 16.7 Å². The first-order valence-corrected chi connectivity index (χ1v) is 42.1. The van der Waals surface area contributed by atoms with Crippen molar-refractivity contribution in [1.82, 2.24) is 74.1 Å². The van der Waals surface area contributed by atoms with Gasteiger partial charge in [0.2, 0.25) is 17.8 Å². The number of nitrogens with one attached hydrogen (secondary N) is 5. The number of thiazole rings is 1. The minimum absolute atomic E-state index is 0. The zero-order valence-electron chi connectivity index (χ0n) is 67.7. The zero-order valence-corrected chi connectivity index (χ0v) is 70.0. The van der Waals surface area contributed by atoms with Crippen molar-refractivity contribution in [3.05, 3.63) is 308 Å². The van der Waals surface area contributed by atoms with Crippen LogP contribution in [0, 0.1) is 0 Å². The third-order valence-corrected chi connectivity index (χ3v) is 23.2. The second kappa shape index (κ2) is 37.9. The number of halogens is 8. The number of morpholine rings is 1. The summed E-state index contributed by atoms with van der Waals surface area (Å²) in [5, 5.41) is 19.8. The fourth-order valence-electron chi connectivity index (χ4n) is 15.6. The summed E-state index contributed by atoms with van der Waals surface area (Å²) in [6.45, 7) is 4.54. The molecular weight excluding hydrogens is 1730 g/mol. The lowest BCUT2D eigenvalue weighted by Gasteiger charge is -2.30. The van der Waals surface area contributed by atoms with E-state index in [1.807, 2.05) is 103 Å². The number of likely N-dealkylation sites (tertiary alicyclic amines) is 1. The van der Waals surface area contributed by atoms with E-state index in [-0.39, 0.29) is 97.6 Å². The van der Waals surface area contributed by atoms with Gasteiger partial charge in [0.15, 0.2) is 28.6 Å². The first-order chi connectivity index (χ1) is 62.1. The molecular formula is C94H78Cl2F6N18O8S. The highest BCUT2D eigenvalue weighted by Crippen LogP contribution is 2.42. The Morgan fingerprint density at radius 3 is 1.74 bits per heavy atom. The lowest BCUT2D eigenvalue weighted by atomic mass is 9.91. The molecule has 3 atom stereocenters. The summed E-state index contributed by atoms with van der Waals surface area (Å²) in [5.41, 5.74) is 6.68. The van der Waals surface area contributed by atoms with Gasteiger partial charge in [-0.15, -0.1) is 11.3 Å². The van der Waals surface area contributed by atoms with E-state index in [4.69, 9.17) is 50.9 Å². The summed E-state index contributed by atoms with van der Waals surface area (Å²) in [6, 6.07) is 51.7. The second-order valence-corrected chi connectivity index (χ2v) is 32.2. The Morgan fingerprint density at radius 1 is 0.558 bits per heavy atom. The number of ether oxygens (including phenoxy) is 2. The van der Waals surface area contributed by atoms with Crippen molar-refractivity contribution in [1.29, 1.82) is 0 Å². The molecule has 3 unspecified atom stereocenters. The van der Waals surface area contributed by atoms with Gasteiger partial charge in [0.05, 0.1) is 71.5 Å². The number of nitrogens with zero attached hydrogens (tertiary/aromatic N) is 13. The van der Waals surface area contributed by atoms with Gasteiger partial charge < -0.3 is 54.2 Å². The van der Waals surface area contributed by atoms with Crippen molar-refractivity contribution >= 4 is 103 Å². The van der Waals surface area contributed by atoms with Crippen LogP contribution in [0.2, 0.25) is 10.0 Å². The summed E-state index contributed by atoms with van der Waals surface area (Å²) < 4.78 is 115. The molecule has 0 bridgehead atoms. The van der Waals surface area contributed by atoms with Crippen LogP contribution in [-0.2, 0) is 17.5 Å². The van der Waals surface area contributed by atoms with E-state index in [1.165, 1.54) is 95.7 Å². The average Bonchev–Trinajstić information content (AvgIpc) is 0.858. The van der Waals surface area contributed by atoms with Crippen molar-refractivity contribution in [2.45, 2.75) is 63.7 Å². The third kappa shape index (κ3) is 19.6. The average molecular weight is 1800 g/mol. The molecule has 0 aliphatic carbocycles. The topological polar surface area (TPSA) is 303 Å². The number of anilines is 6. The molecule has 14 heterocycles. The van der Waals surface area contributed by atoms with Gasteiger partial charge in [-0.25, -0.2) is 29.5 Å². The predicted octanol–water partition coefficient (Wildman–Crippen LogP) is 20.3. The van der Waals surface area contributed by atoms with E-state index in [0.717, 1.165) is 91.8 Å². The molecule has 654 valence electrons. The first-order valence-electron chi connectivity index (χ1n) is 40.5. The summed E-state index contributed by atoms with van der Waals surface area (Å²) in [6.07, 6.45) is 10.2. The molecule has 3 aliphatic heterocycles. The molecule has 3 fully saturated rings. The number of para-hydroxylation sites is 1. The Morgan fingerprint density at radius 2 is 1.16 bits per heavy atom. The van der Waals surface area contributed by atoms with Gasteiger partial charge in [0.1, 0.15) is 24.0 Å². The Balaban J connectivity index is 0.000000135. The molecule has 0 radical (unpaired) electrons. The van der Waals surface area contributed by atoms with E-state index in [1.54, 1.807) is 59.0 Å². The lowest BCUT2D eigenvalue weighted by Crippen LogP contribution is -2.33. The number of aromatic nitrogens is 12. The molecule has 3 saturated heterocycles. The predicted molar refractivity (Wildman–Crippen MR) is 485 cm³/mol. The SMILES string of the molecule is C.CN1CCCC(c2ccc(Nc3ncc4cc(-c5ccc(-c6cnco6)cc5C(F)(F)F)c(=O)n(-c5nccs5)c4n3)cc2)C1.O=c1c(-c2ccc(-c3ccoc3)cc2Cl)cc2cnc(Nc3ccc(OC4CCNC4)cc3)nc2n1-c1ccccc1.O=c1c(-c2ncc(-c3ccoc3)cc2Cl)cc2cnc(Nc3ccc(C4CNCCO4)cc3)nc2n1CC(F)(F)F. The van der Waals surface area contributed by atoms with Gasteiger partial charge in [-0.3, -0.25) is 28.5 Å². The van der Waals surface area contributed by atoms with Crippen LogP contribution in [0.4, 0.5) is 61.2 Å². The van der Waals surface area contributed by atoms with Crippen LogP contribution in [0.1, 0.15) is 55.4 Å². The van der Waals surface area contributed by atoms with Crippen LogP contribution in [0.5, 0.6) is 5.75 Å². The van der Waals surface area contributed by atoms with Crippen LogP contribution < -0.4 is 48.0 Å². The molecule has 17 aromatic rings. The van der Waals surface area contributed by atoms with Crippen molar-refractivity contribution in [2.75, 3.05) is 68.9 Å². The largest absolute Gasteiger partial charge is 0.489 e. The van der Waals surface area contributed by atoms with E-state index in [9.17, 15) is 40.7 Å². The molecule has 20 rings (SSSR count). The van der Waals surface area contributed by atoms with Gasteiger partial charge in [-0.05, 0) is 177 Å². The summed E-state index contributed by atoms with van der Waals surface area (Å²) in [5.74, 6) is 2.11. The standard InChI is InChI=1S/C33H26ClN5O3.C32H26F3N7O2S.C28H22ClF3N6O3.CH4/c34-30-17-21(22-13-15-41-20-22)6-11-28(30)29-16-23-18-36-33(38-31(23)39(32(29)40)25-4-2-1-3-5-25)37-24-7-9-26(10-8-24)42-27-12-14-35-19-27;1-41-11-2-3-21(17-41)19-4-7-23(8-5-19)39-30-38-15-22-13-25(29(43)42(28(22)40-30)31-37-10-12-45-31)24-9-6-20(27-16-36-18-44-27)14-26(24)32(33,34)35;29-22-10-18(17-5-7-40-14-17)11-34-24(22)21-9-19-12-35-27(37-25(19)38(26(21)39)15-28(30,31)32)36-20-3-1-16(2-4-20)23-13-33-6-8-41-23;/h1-11,13,15-18,20,27,35H,12,14,19H2,(H,36,37,38);4-10,12-16,18,21H,2-3,11,17H2,1H3,(H,38,39,40);1-5,7,9-12,14,23,33H,6,8,13,15H2,(H,35,36,37);1H4. The number of benzene rings is 6. The monoisotopic (exact) mass is 1800 g/mol. The first kappa shape index (κ1) is 87.0. The number of hydrogen-bond acceptors (Lipinski definition) is 24. The van der Waals surface area contributed by atoms with Crippen LogP contribution in [-0.4, -0.2) is 129 Å². The second-order valence-electron chi connectivity index (χ2n) is 30.5. The van der Waals surface area contributed by atoms with E-state index >= 15 is 0 Å². The molecule has 0 spiro atoms. The molecule has 26 nitrogen and oxygen atoms in total. The fourth-order valence-corrected chi connectivity index (χ4v) is 16.8. The number of piperidine rings is 1.